The number of carbonyl (C=O) groups excluding carboxylic acids is 1. The lowest BCUT2D eigenvalue weighted by atomic mass is 10.2. The molecule has 25 heavy (non-hydrogen) atoms. The highest BCUT2D eigenvalue weighted by Gasteiger charge is 2.13. The standard InChI is InChI=1S/C18H21N5O2/c1-13-16(14(2)22(3)20-13)11-19-18(24)17-9-10-23(21-17)12-25-15-7-5-4-6-8-15/h4-10H,11-12H2,1-3H3,(H,19,24). The first-order valence-electron chi connectivity index (χ1n) is 8.03. The number of aromatic nitrogens is 4. The second kappa shape index (κ2) is 7.21. The van der Waals surface area contributed by atoms with Crippen molar-refractivity contribution in [3.63, 3.8) is 0 Å². The first kappa shape index (κ1) is 16.8. The molecule has 0 aliphatic carbocycles. The number of hydrogen-bond acceptors (Lipinski definition) is 4. The third-order valence-corrected chi connectivity index (χ3v) is 4.06. The number of carbonyl (C=O) groups is 1. The molecule has 1 aromatic carbocycles. The summed E-state index contributed by atoms with van der Waals surface area (Å²) in [6.45, 7) is 4.59. The van der Waals surface area contributed by atoms with Gasteiger partial charge in [0.2, 0.25) is 0 Å². The molecule has 0 bridgehead atoms. The number of rotatable bonds is 6. The lowest BCUT2D eigenvalue weighted by Crippen LogP contribution is -2.24. The first-order valence-corrected chi connectivity index (χ1v) is 8.03. The summed E-state index contributed by atoms with van der Waals surface area (Å²) in [5, 5.41) is 11.5. The van der Waals surface area contributed by atoms with E-state index in [1.54, 1.807) is 16.9 Å². The van der Waals surface area contributed by atoms with Gasteiger partial charge in [0, 0.05) is 31.0 Å². The normalized spacial score (nSPS) is 10.7. The number of para-hydroxylation sites is 1. The average Bonchev–Trinajstić information content (AvgIpc) is 3.18. The lowest BCUT2D eigenvalue weighted by Gasteiger charge is -2.06. The lowest BCUT2D eigenvalue weighted by molar-refractivity contribution is 0.0943. The number of amides is 1. The zero-order valence-electron chi connectivity index (χ0n) is 14.6. The van der Waals surface area contributed by atoms with E-state index >= 15 is 0 Å². The monoisotopic (exact) mass is 339 g/mol. The third kappa shape index (κ3) is 3.88. The number of ether oxygens (including phenoxy) is 1. The van der Waals surface area contributed by atoms with E-state index in [0.717, 1.165) is 22.7 Å². The van der Waals surface area contributed by atoms with Gasteiger partial charge in [-0.3, -0.25) is 9.48 Å². The maximum Gasteiger partial charge on any atom is 0.272 e. The van der Waals surface area contributed by atoms with Crippen LogP contribution in [-0.2, 0) is 20.3 Å². The van der Waals surface area contributed by atoms with Crippen LogP contribution in [0.15, 0.2) is 42.6 Å². The van der Waals surface area contributed by atoms with Crippen LogP contribution in [0.2, 0.25) is 0 Å². The van der Waals surface area contributed by atoms with Crippen LogP contribution >= 0.6 is 0 Å². The van der Waals surface area contributed by atoms with Crippen molar-refractivity contribution in [1.82, 2.24) is 24.9 Å². The van der Waals surface area contributed by atoms with Crippen molar-refractivity contribution in [3.05, 3.63) is 65.2 Å². The highest BCUT2D eigenvalue weighted by Crippen LogP contribution is 2.12. The van der Waals surface area contributed by atoms with Crippen LogP contribution in [0.4, 0.5) is 0 Å². The van der Waals surface area contributed by atoms with Gasteiger partial charge in [-0.1, -0.05) is 18.2 Å². The van der Waals surface area contributed by atoms with E-state index in [2.05, 4.69) is 15.5 Å². The third-order valence-electron chi connectivity index (χ3n) is 4.06. The molecule has 0 atom stereocenters. The van der Waals surface area contributed by atoms with Gasteiger partial charge < -0.3 is 10.1 Å². The number of nitrogens with zero attached hydrogens (tertiary/aromatic N) is 4. The van der Waals surface area contributed by atoms with E-state index in [1.807, 2.05) is 55.9 Å². The zero-order chi connectivity index (χ0) is 17.8. The maximum absolute atomic E-state index is 12.3. The summed E-state index contributed by atoms with van der Waals surface area (Å²) in [5.41, 5.74) is 3.35. The second-order valence-corrected chi connectivity index (χ2v) is 5.78. The van der Waals surface area contributed by atoms with Gasteiger partial charge in [-0.05, 0) is 32.0 Å². The highest BCUT2D eigenvalue weighted by atomic mass is 16.5. The summed E-state index contributed by atoms with van der Waals surface area (Å²) in [4.78, 5) is 12.3. The molecule has 0 radical (unpaired) electrons. The average molecular weight is 339 g/mol. The Labute approximate surface area is 146 Å². The predicted octanol–water partition coefficient (Wildman–Crippen LogP) is 2.20. The molecule has 3 aromatic rings. The Kier molecular flexibility index (Phi) is 4.83. The summed E-state index contributed by atoms with van der Waals surface area (Å²) in [5.74, 6) is 0.535. The van der Waals surface area contributed by atoms with Gasteiger partial charge in [-0.2, -0.15) is 10.2 Å². The fourth-order valence-electron chi connectivity index (χ4n) is 2.54. The van der Waals surface area contributed by atoms with Crippen LogP contribution in [0.1, 0.15) is 27.4 Å². The Bertz CT molecular complexity index is 867. The molecule has 0 aliphatic heterocycles. The molecule has 0 unspecified atom stereocenters. The van der Waals surface area contributed by atoms with Crippen LogP contribution in [0.3, 0.4) is 0 Å². The van der Waals surface area contributed by atoms with E-state index in [1.165, 1.54) is 0 Å². The molecule has 1 N–H and O–H groups in total. The van der Waals surface area contributed by atoms with Crippen molar-refractivity contribution in [3.8, 4) is 5.75 Å². The molecule has 0 saturated carbocycles. The van der Waals surface area contributed by atoms with Crippen molar-refractivity contribution in [1.29, 1.82) is 0 Å². The SMILES string of the molecule is Cc1nn(C)c(C)c1CNC(=O)c1ccn(COc2ccccc2)n1. The van der Waals surface area contributed by atoms with Gasteiger partial charge in [0.1, 0.15) is 11.4 Å². The second-order valence-electron chi connectivity index (χ2n) is 5.78. The quantitative estimate of drug-likeness (QED) is 0.747. The minimum Gasteiger partial charge on any atom is -0.471 e. The number of benzene rings is 1. The van der Waals surface area contributed by atoms with Crippen LogP contribution in [-0.4, -0.2) is 25.5 Å². The van der Waals surface area contributed by atoms with Crippen LogP contribution < -0.4 is 10.1 Å². The minimum atomic E-state index is -0.221. The van der Waals surface area contributed by atoms with E-state index in [9.17, 15) is 4.79 Å². The van der Waals surface area contributed by atoms with E-state index < -0.39 is 0 Å². The minimum absolute atomic E-state index is 0.221. The summed E-state index contributed by atoms with van der Waals surface area (Å²) in [7, 11) is 1.89. The Morgan fingerprint density at radius 2 is 1.92 bits per heavy atom. The van der Waals surface area contributed by atoms with Gasteiger partial charge in [0.25, 0.3) is 5.91 Å². The molecule has 130 valence electrons. The Morgan fingerprint density at radius 3 is 2.60 bits per heavy atom. The summed E-state index contributed by atoms with van der Waals surface area (Å²) in [6.07, 6.45) is 1.72. The Morgan fingerprint density at radius 1 is 1.16 bits per heavy atom. The molecule has 7 nitrogen and oxygen atoms in total. The van der Waals surface area contributed by atoms with Crippen LogP contribution in [0, 0.1) is 13.8 Å². The summed E-state index contributed by atoms with van der Waals surface area (Å²) < 4.78 is 9.00. The molecule has 2 heterocycles. The molecule has 3 rings (SSSR count). The van der Waals surface area contributed by atoms with Gasteiger partial charge in [0.05, 0.1) is 5.69 Å². The van der Waals surface area contributed by atoms with Gasteiger partial charge >= 0.3 is 0 Å². The predicted molar refractivity (Wildman–Crippen MR) is 93.1 cm³/mol. The van der Waals surface area contributed by atoms with Crippen molar-refractivity contribution < 1.29 is 9.53 Å². The van der Waals surface area contributed by atoms with Gasteiger partial charge in [-0.15, -0.1) is 0 Å². The maximum atomic E-state index is 12.3. The molecular formula is C18H21N5O2. The molecule has 7 heteroatoms. The molecule has 0 saturated heterocycles. The van der Waals surface area contributed by atoms with Crippen molar-refractivity contribution in [2.75, 3.05) is 0 Å². The van der Waals surface area contributed by atoms with E-state index in [-0.39, 0.29) is 12.6 Å². The molecule has 1 amide bonds. The van der Waals surface area contributed by atoms with Crippen LogP contribution in [0.25, 0.3) is 0 Å². The highest BCUT2D eigenvalue weighted by molar-refractivity contribution is 5.92. The fraction of sp³-hybridized carbons (Fsp3) is 0.278. The van der Waals surface area contributed by atoms with E-state index in [0.29, 0.717) is 12.2 Å². The largest absolute Gasteiger partial charge is 0.471 e. The summed E-state index contributed by atoms with van der Waals surface area (Å²) >= 11 is 0. The first-order chi connectivity index (χ1) is 12.0. The van der Waals surface area contributed by atoms with Gasteiger partial charge in [0.15, 0.2) is 6.73 Å². The Balaban J connectivity index is 1.57. The smallest absolute Gasteiger partial charge is 0.272 e. The van der Waals surface area contributed by atoms with Crippen molar-refractivity contribution >= 4 is 5.91 Å². The number of aryl methyl sites for hydroxylation is 2. The Hall–Kier alpha value is -3.09. The van der Waals surface area contributed by atoms with Crippen molar-refractivity contribution in [2.45, 2.75) is 27.1 Å². The van der Waals surface area contributed by atoms with Crippen LogP contribution in [0.5, 0.6) is 5.75 Å². The topological polar surface area (TPSA) is 74.0 Å². The van der Waals surface area contributed by atoms with Gasteiger partial charge in [-0.25, -0.2) is 4.68 Å². The van der Waals surface area contributed by atoms with E-state index in [4.69, 9.17) is 4.74 Å². The number of hydrogen-bond donors (Lipinski definition) is 1. The molecule has 0 fully saturated rings. The zero-order valence-corrected chi connectivity index (χ0v) is 14.6. The molecule has 0 spiro atoms. The number of nitrogens with one attached hydrogen (secondary N) is 1. The molecule has 2 aromatic heterocycles. The van der Waals surface area contributed by atoms with Crippen molar-refractivity contribution in [2.24, 2.45) is 7.05 Å². The summed E-state index contributed by atoms with van der Waals surface area (Å²) in [6, 6.07) is 11.1. The molecular weight excluding hydrogens is 318 g/mol. The fourth-order valence-corrected chi connectivity index (χ4v) is 2.54. The molecule has 0 aliphatic rings.